The molecule has 3 N–H and O–H groups in total. The van der Waals surface area contributed by atoms with E-state index in [-0.39, 0.29) is 18.6 Å². The molecule has 1 aliphatic carbocycles. The summed E-state index contributed by atoms with van der Waals surface area (Å²) in [4.78, 5) is 25.5. The summed E-state index contributed by atoms with van der Waals surface area (Å²) in [5.74, 6) is 2.21. The second-order valence-electron chi connectivity index (χ2n) is 6.14. The van der Waals surface area contributed by atoms with E-state index in [1.807, 2.05) is 5.92 Å². The van der Waals surface area contributed by atoms with Crippen LogP contribution in [0.3, 0.4) is 0 Å². The monoisotopic (exact) mass is 367 g/mol. The van der Waals surface area contributed by atoms with E-state index < -0.39 is 0 Å². The maximum atomic E-state index is 12.7. The van der Waals surface area contributed by atoms with Gasteiger partial charge in [-0.05, 0) is 12.8 Å². The zero-order valence-corrected chi connectivity index (χ0v) is 14.8. The molecule has 0 bridgehead atoms. The SMILES string of the molecule is C#CCO.O=C(NC1CCCCC1)c1nc(-n2ccnc2)nc2cn[nH]c12. The van der Waals surface area contributed by atoms with Crippen LogP contribution in [0.2, 0.25) is 0 Å². The van der Waals surface area contributed by atoms with Crippen LogP contribution in [-0.4, -0.2) is 53.4 Å². The van der Waals surface area contributed by atoms with Gasteiger partial charge >= 0.3 is 0 Å². The highest BCUT2D eigenvalue weighted by Gasteiger charge is 2.21. The number of nitrogens with one attached hydrogen (secondary N) is 2. The molecule has 27 heavy (non-hydrogen) atoms. The Morgan fingerprint density at radius 3 is 2.81 bits per heavy atom. The molecule has 0 radical (unpaired) electrons. The Morgan fingerprint density at radius 2 is 2.15 bits per heavy atom. The van der Waals surface area contributed by atoms with Gasteiger partial charge in [0.25, 0.3) is 5.91 Å². The number of carbonyl (C=O) groups is 1. The molecule has 1 amide bonds. The number of H-pyrrole nitrogens is 1. The highest BCUT2D eigenvalue weighted by atomic mass is 16.2. The molecule has 0 atom stereocenters. The van der Waals surface area contributed by atoms with Gasteiger partial charge in [0.2, 0.25) is 5.95 Å². The smallest absolute Gasteiger partial charge is 0.272 e. The number of amides is 1. The molecule has 0 saturated heterocycles. The van der Waals surface area contributed by atoms with Crippen molar-refractivity contribution in [3.63, 3.8) is 0 Å². The molecule has 0 aliphatic heterocycles. The summed E-state index contributed by atoms with van der Waals surface area (Å²) in [5, 5.41) is 17.5. The van der Waals surface area contributed by atoms with Crippen molar-refractivity contribution in [3.8, 4) is 18.3 Å². The molecule has 0 spiro atoms. The van der Waals surface area contributed by atoms with Crippen LogP contribution in [0, 0.1) is 12.3 Å². The summed E-state index contributed by atoms with van der Waals surface area (Å²) in [6, 6.07) is 0.223. The first-order valence-electron chi connectivity index (χ1n) is 8.77. The van der Waals surface area contributed by atoms with E-state index in [4.69, 9.17) is 5.11 Å². The van der Waals surface area contributed by atoms with E-state index in [9.17, 15) is 4.79 Å². The first-order valence-corrected chi connectivity index (χ1v) is 8.77. The third kappa shape index (κ3) is 4.48. The lowest BCUT2D eigenvalue weighted by Gasteiger charge is -2.22. The number of terminal acetylenes is 1. The van der Waals surface area contributed by atoms with E-state index in [0.29, 0.717) is 22.7 Å². The van der Waals surface area contributed by atoms with E-state index in [2.05, 4.69) is 36.9 Å². The van der Waals surface area contributed by atoms with E-state index in [1.165, 1.54) is 6.42 Å². The number of aromatic nitrogens is 6. The van der Waals surface area contributed by atoms with Gasteiger partial charge in [0.1, 0.15) is 24.0 Å². The summed E-state index contributed by atoms with van der Waals surface area (Å²) in [7, 11) is 0. The number of hydrogen-bond acceptors (Lipinski definition) is 6. The van der Waals surface area contributed by atoms with Crippen molar-refractivity contribution in [2.45, 2.75) is 38.1 Å². The van der Waals surface area contributed by atoms with Crippen LogP contribution >= 0.6 is 0 Å². The van der Waals surface area contributed by atoms with Gasteiger partial charge in [-0.1, -0.05) is 25.2 Å². The number of hydrogen-bond donors (Lipinski definition) is 3. The van der Waals surface area contributed by atoms with Gasteiger partial charge < -0.3 is 10.4 Å². The first-order chi connectivity index (χ1) is 13.2. The number of aromatic amines is 1. The zero-order valence-electron chi connectivity index (χ0n) is 14.8. The molecule has 4 rings (SSSR count). The highest BCUT2D eigenvalue weighted by molar-refractivity contribution is 6.02. The van der Waals surface area contributed by atoms with Crippen LogP contribution in [0.1, 0.15) is 42.6 Å². The van der Waals surface area contributed by atoms with Crippen molar-refractivity contribution in [2.24, 2.45) is 0 Å². The predicted molar refractivity (Wildman–Crippen MR) is 99.1 cm³/mol. The predicted octanol–water partition coefficient (Wildman–Crippen LogP) is 1.21. The lowest BCUT2D eigenvalue weighted by atomic mass is 9.95. The van der Waals surface area contributed by atoms with Crippen molar-refractivity contribution in [1.82, 2.24) is 35.0 Å². The lowest BCUT2D eigenvalue weighted by Crippen LogP contribution is -2.36. The van der Waals surface area contributed by atoms with Gasteiger partial charge in [-0.3, -0.25) is 14.5 Å². The summed E-state index contributed by atoms with van der Waals surface area (Å²) in [6.45, 7) is -0.153. The van der Waals surface area contributed by atoms with E-state index in [1.54, 1.807) is 29.5 Å². The number of aliphatic hydroxyl groups is 1. The highest BCUT2D eigenvalue weighted by Crippen LogP contribution is 2.19. The maximum absolute atomic E-state index is 12.7. The van der Waals surface area contributed by atoms with Crippen molar-refractivity contribution < 1.29 is 9.90 Å². The fourth-order valence-corrected chi connectivity index (χ4v) is 2.99. The van der Waals surface area contributed by atoms with Crippen LogP contribution in [-0.2, 0) is 0 Å². The van der Waals surface area contributed by atoms with Crippen LogP contribution in [0.5, 0.6) is 0 Å². The van der Waals surface area contributed by atoms with Crippen molar-refractivity contribution in [3.05, 3.63) is 30.6 Å². The Balaban J connectivity index is 0.000000481. The second-order valence-corrected chi connectivity index (χ2v) is 6.14. The number of nitrogens with zero attached hydrogens (tertiary/aromatic N) is 5. The molecule has 3 aromatic heterocycles. The minimum Gasteiger partial charge on any atom is -0.384 e. The Hall–Kier alpha value is -3.25. The van der Waals surface area contributed by atoms with Gasteiger partial charge in [0, 0.05) is 18.4 Å². The molecule has 1 fully saturated rings. The average molecular weight is 367 g/mol. The van der Waals surface area contributed by atoms with Gasteiger partial charge in [-0.15, -0.1) is 6.42 Å². The second kappa shape index (κ2) is 8.91. The first kappa shape index (κ1) is 18.5. The van der Waals surface area contributed by atoms with Crippen LogP contribution in [0.4, 0.5) is 0 Å². The van der Waals surface area contributed by atoms with Crippen LogP contribution in [0.25, 0.3) is 17.0 Å². The van der Waals surface area contributed by atoms with Gasteiger partial charge in [-0.25, -0.2) is 15.0 Å². The molecule has 140 valence electrons. The Bertz CT molecular complexity index is 921. The van der Waals surface area contributed by atoms with Gasteiger partial charge in [-0.2, -0.15) is 5.10 Å². The summed E-state index contributed by atoms with van der Waals surface area (Å²) in [5.41, 5.74) is 1.49. The largest absolute Gasteiger partial charge is 0.384 e. The molecule has 9 heteroatoms. The molecule has 1 aliphatic rings. The number of fused-ring (bicyclic) bond motifs is 1. The van der Waals surface area contributed by atoms with Crippen molar-refractivity contribution >= 4 is 16.9 Å². The molecule has 3 heterocycles. The van der Waals surface area contributed by atoms with Crippen LogP contribution in [0.15, 0.2) is 24.9 Å². The van der Waals surface area contributed by atoms with Gasteiger partial charge in [0.15, 0.2) is 5.69 Å². The normalized spacial score (nSPS) is 14.2. The van der Waals surface area contributed by atoms with Crippen molar-refractivity contribution in [2.75, 3.05) is 6.61 Å². The maximum Gasteiger partial charge on any atom is 0.272 e. The van der Waals surface area contributed by atoms with E-state index in [0.717, 1.165) is 25.7 Å². The summed E-state index contributed by atoms with van der Waals surface area (Å²) in [6.07, 6.45) is 16.7. The fourth-order valence-electron chi connectivity index (χ4n) is 2.99. The number of aliphatic hydroxyl groups excluding tert-OH is 1. The molecule has 1 saturated carbocycles. The number of rotatable bonds is 3. The Morgan fingerprint density at radius 1 is 1.37 bits per heavy atom. The Labute approximate surface area is 156 Å². The molecule has 9 nitrogen and oxygen atoms in total. The third-order valence-electron chi connectivity index (χ3n) is 4.27. The topological polar surface area (TPSA) is 122 Å². The molecule has 3 aromatic rings. The number of carbonyl (C=O) groups excluding carboxylic acids is 1. The quantitative estimate of drug-likeness (QED) is 0.598. The third-order valence-corrected chi connectivity index (χ3v) is 4.27. The fraction of sp³-hybridized carbons (Fsp3) is 0.389. The average Bonchev–Trinajstić information content (AvgIpc) is 3.39. The lowest BCUT2D eigenvalue weighted by molar-refractivity contribution is 0.0924. The summed E-state index contributed by atoms with van der Waals surface area (Å²) < 4.78 is 1.67. The standard InChI is InChI=1S/C15H17N7O.C3H4O/c23-14(18-10-4-2-1-3-5-10)13-12-11(8-17-21-12)19-15(20-13)22-7-6-16-9-22;1-2-3-4/h6-10H,1-5H2,(H,17,21)(H,18,23);1,4H,3H2. The summed E-state index contributed by atoms with van der Waals surface area (Å²) >= 11 is 0. The molecular formula is C18H21N7O2. The Kier molecular flexibility index (Phi) is 6.12. The minimum absolute atomic E-state index is 0.153. The zero-order chi connectivity index (χ0) is 19.1. The van der Waals surface area contributed by atoms with Gasteiger partial charge in [0.05, 0.1) is 6.20 Å². The minimum atomic E-state index is -0.185. The van der Waals surface area contributed by atoms with Crippen molar-refractivity contribution in [1.29, 1.82) is 0 Å². The molecule has 0 aromatic carbocycles. The van der Waals surface area contributed by atoms with E-state index >= 15 is 0 Å². The van der Waals surface area contributed by atoms with Crippen LogP contribution < -0.4 is 5.32 Å². The molecular weight excluding hydrogens is 346 g/mol. The molecule has 0 unspecified atom stereocenters. The number of imidazole rings is 1.